The summed E-state index contributed by atoms with van der Waals surface area (Å²) in [5.74, 6) is -1.06. The zero-order valence-electron chi connectivity index (χ0n) is 15.4. The molecule has 1 saturated heterocycles. The molecule has 2 aromatic carbocycles. The Kier molecular flexibility index (Phi) is 5.66. The number of nitrogens with one attached hydrogen (secondary N) is 1. The first-order chi connectivity index (χ1) is 13.6. The van der Waals surface area contributed by atoms with Crippen LogP contribution in [-0.4, -0.2) is 36.6 Å². The van der Waals surface area contributed by atoms with E-state index in [1.807, 2.05) is 23.1 Å². The topological polar surface area (TPSA) is 50.8 Å². The van der Waals surface area contributed by atoms with Gasteiger partial charge in [-0.3, -0.25) is 9.69 Å². The van der Waals surface area contributed by atoms with Gasteiger partial charge in [0.25, 0.3) is 0 Å². The number of fused-ring (bicyclic) bond motifs is 1. The molecule has 2 aliphatic rings. The highest BCUT2D eigenvalue weighted by atomic mass is 19.1. The number of amides is 1. The Bertz CT molecular complexity index is 875. The van der Waals surface area contributed by atoms with E-state index in [4.69, 9.17) is 9.47 Å². The molecule has 1 fully saturated rings. The number of halogens is 2. The molecule has 2 aliphatic heterocycles. The lowest BCUT2D eigenvalue weighted by Crippen LogP contribution is -2.46. The van der Waals surface area contributed by atoms with Crippen LogP contribution in [0.3, 0.4) is 0 Å². The van der Waals surface area contributed by atoms with Gasteiger partial charge >= 0.3 is 0 Å². The molecule has 0 spiro atoms. The van der Waals surface area contributed by atoms with Crippen LogP contribution in [0.2, 0.25) is 0 Å². The van der Waals surface area contributed by atoms with Gasteiger partial charge in [-0.25, -0.2) is 8.78 Å². The summed E-state index contributed by atoms with van der Waals surface area (Å²) in [6.07, 6.45) is 0.213. The maximum atomic E-state index is 14.0. The molecule has 0 aromatic heterocycles. The molecule has 0 bridgehead atoms. The number of hydrogen-bond acceptors (Lipinski definition) is 4. The fourth-order valence-electron chi connectivity index (χ4n) is 3.64. The molecule has 1 unspecified atom stereocenters. The van der Waals surface area contributed by atoms with Gasteiger partial charge in [0.1, 0.15) is 11.6 Å². The molecular weight excluding hydrogens is 366 g/mol. The number of carbonyl (C=O) groups excluding carboxylic acids is 1. The van der Waals surface area contributed by atoms with Gasteiger partial charge in [-0.1, -0.05) is 6.07 Å². The molecule has 1 amide bonds. The lowest BCUT2D eigenvalue weighted by molar-refractivity contribution is -0.119. The van der Waals surface area contributed by atoms with Crippen molar-refractivity contribution in [3.63, 3.8) is 0 Å². The molecule has 4 rings (SSSR count). The Morgan fingerprint density at radius 2 is 1.96 bits per heavy atom. The van der Waals surface area contributed by atoms with Crippen LogP contribution in [0, 0.1) is 11.6 Å². The van der Waals surface area contributed by atoms with Gasteiger partial charge in [-0.2, -0.15) is 0 Å². The van der Waals surface area contributed by atoms with Gasteiger partial charge in [-0.05, 0) is 41.5 Å². The first-order valence-corrected chi connectivity index (χ1v) is 9.33. The Hall–Kier alpha value is -2.35. The maximum absolute atomic E-state index is 14.0. The van der Waals surface area contributed by atoms with Crippen LogP contribution in [-0.2, 0) is 34.0 Å². The van der Waals surface area contributed by atoms with E-state index >= 15 is 0 Å². The highest BCUT2D eigenvalue weighted by Gasteiger charge is 2.26. The maximum Gasteiger partial charge on any atom is 0.226 e. The minimum atomic E-state index is -0.473. The summed E-state index contributed by atoms with van der Waals surface area (Å²) in [4.78, 5) is 14.5. The van der Waals surface area contributed by atoms with E-state index in [9.17, 15) is 13.6 Å². The fraction of sp³-hybridized carbons (Fsp3) is 0.381. The van der Waals surface area contributed by atoms with Gasteiger partial charge in [0.15, 0.2) is 0 Å². The van der Waals surface area contributed by atoms with Crippen LogP contribution in [0.4, 0.5) is 14.5 Å². The molecule has 1 N–H and O–H groups in total. The van der Waals surface area contributed by atoms with Crippen LogP contribution in [0.15, 0.2) is 36.4 Å². The Labute approximate surface area is 162 Å². The summed E-state index contributed by atoms with van der Waals surface area (Å²) >= 11 is 0. The summed E-state index contributed by atoms with van der Waals surface area (Å²) < 4.78 is 38.4. The lowest BCUT2D eigenvalue weighted by atomic mass is 10.1. The molecule has 7 heteroatoms. The van der Waals surface area contributed by atoms with Crippen molar-refractivity contribution in [2.75, 3.05) is 25.1 Å². The number of ether oxygens (including phenoxy) is 2. The van der Waals surface area contributed by atoms with E-state index in [0.717, 1.165) is 28.9 Å². The van der Waals surface area contributed by atoms with Crippen LogP contribution >= 0.6 is 0 Å². The SMILES string of the molecule is O=C(CC1COCCN1Cc1cc(F)ccc1F)Nc1ccc2c(c1)COC2. The molecule has 148 valence electrons. The number of anilines is 1. The highest BCUT2D eigenvalue weighted by molar-refractivity contribution is 5.91. The second-order valence-corrected chi connectivity index (χ2v) is 7.16. The minimum absolute atomic E-state index is 0.140. The van der Waals surface area contributed by atoms with E-state index in [1.165, 1.54) is 6.07 Å². The van der Waals surface area contributed by atoms with Crippen molar-refractivity contribution in [2.24, 2.45) is 0 Å². The Balaban J connectivity index is 1.40. The molecule has 0 aliphatic carbocycles. The molecular formula is C21H22F2N2O3. The van der Waals surface area contributed by atoms with Crippen LogP contribution < -0.4 is 5.32 Å². The third-order valence-electron chi connectivity index (χ3n) is 5.16. The normalized spacial score (nSPS) is 19.4. The summed E-state index contributed by atoms with van der Waals surface area (Å²) in [5.41, 5.74) is 3.24. The van der Waals surface area contributed by atoms with Crippen molar-refractivity contribution in [3.8, 4) is 0 Å². The highest BCUT2D eigenvalue weighted by Crippen LogP contribution is 2.24. The van der Waals surface area contributed by atoms with Crippen molar-refractivity contribution < 1.29 is 23.0 Å². The van der Waals surface area contributed by atoms with Gasteiger partial charge < -0.3 is 14.8 Å². The average molecular weight is 388 g/mol. The predicted octanol–water partition coefficient (Wildman–Crippen LogP) is 3.22. The Morgan fingerprint density at radius 3 is 2.86 bits per heavy atom. The van der Waals surface area contributed by atoms with Crippen LogP contribution in [0.25, 0.3) is 0 Å². The third-order valence-corrected chi connectivity index (χ3v) is 5.16. The van der Waals surface area contributed by atoms with Crippen molar-refractivity contribution >= 4 is 11.6 Å². The van der Waals surface area contributed by atoms with Gasteiger partial charge in [-0.15, -0.1) is 0 Å². The zero-order chi connectivity index (χ0) is 19.5. The monoisotopic (exact) mass is 388 g/mol. The van der Waals surface area contributed by atoms with Crippen molar-refractivity contribution in [2.45, 2.75) is 32.2 Å². The minimum Gasteiger partial charge on any atom is -0.378 e. The number of hydrogen-bond donors (Lipinski definition) is 1. The smallest absolute Gasteiger partial charge is 0.226 e. The quantitative estimate of drug-likeness (QED) is 0.855. The van der Waals surface area contributed by atoms with Gasteiger partial charge in [0.2, 0.25) is 5.91 Å². The number of morpholine rings is 1. The van der Waals surface area contributed by atoms with Gasteiger partial charge in [0.05, 0.1) is 26.4 Å². The zero-order valence-corrected chi connectivity index (χ0v) is 15.4. The van der Waals surface area contributed by atoms with Crippen molar-refractivity contribution in [1.29, 1.82) is 0 Å². The number of rotatable bonds is 5. The molecule has 28 heavy (non-hydrogen) atoms. The summed E-state index contributed by atoms with van der Waals surface area (Å²) in [6, 6.07) is 8.99. The third kappa shape index (κ3) is 4.38. The summed E-state index contributed by atoms with van der Waals surface area (Å²) in [5, 5.41) is 2.91. The van der Waals surface area contributed by atoms with Crippen LogP contribution in [0.5, 0.6) is 0 Å². The Morgan fingerprint density at radius 1 is 1.11 bits per heavy atom. The summed E-state index contributed by atoms with van der Waals surface area (Å²) in [7, 11) is 0. The van der Waals surface area contributed by atoms with E-state index in [-0.39, 0.29) is 30.5 Å². The molecule has 2 aromatic rings. The predicted molar refractivity (Wildman–Crippen MR) is 99.6 cm³/mol. The molecule has 0 saturated carbocycles. The fourth-order valence-corrected chi connectivity index (χ4v) is 3.64. The number of nitrogens with zero attached hydrogens (tertiary/aromatic N) is 1. The second-order valence-electron chi connectivity index (χ2n) is 7.16. The molecule has 2 heterocycles. The molecule has 5 nitrogen and oxygen atoms in total. The largest absolute Gasteiger partial charge is 0.378 e. The van der Waals surface area contributed by atoms with E-state index < -0.39 is 11.6 Å². The van der Waals surface area contributed by atoms with E-state index in [1.54, 1.807) is 0 Å². The number of carbonyl (C=O) groups is 1. The molecule has 0 radical (unpaired) electrons. The van der Waals surface area contributed by atoms with Crippen molar-refractivity contribution in [3.05, 3.63) is 64.7 Å². The molecule has 1 atom stereocenters. The first kappa shape index (κ1) is 19.0. The van der Waals surface area contributed by atoms with E-state index in [0.29, 0.717) is 33.0 Å². The lowest BCUT2D eigenvalue weighted by Gasteiger charge is -2.35. The standard InChI is InChI=1S/C21H22F2N2O3/c22-17-2-4-20(23)15(7-17)10-25-5-6-27-13-19(25)9-21(26)24-18-3-1-14-11-28-12-16(14)8-18/h1-4,7-8,19H,5-6,9-13H2,(H,24,26). The first-order valence-electron chi connectivity index (χ1n) is 9.33. The van der Waals surface area contributed by atoms with Gasteiger partial charge in [0, 0.05) is 36.8 Å². The van der Waals surface area contributed by atoms with Crippen molar-refractivity contribution in [1.82, 2.24) is 4.90 Å². The average Bonchev–Trinajstić information content (AvgIpc) is 3.14. The second kappa shape index (κ2) is 8.34. The number of benzene rings is 2. The van der Waals surface area contributed by atoms with E-state index in [2.05, 4.69) is 5.32 Å². The summed E-state index contributed by atoms with van der Waals surface area (Å²) in [6.45, 7) is 2.84. The van der Waals surface area contributed by atoms with Crippen LogP contribution in [0.1, 0.15) is 23.1 Å².